The summed E-state index contributed by atoms with van der Waals surface area (Å²) in [7, 11) is 3.56. The standard InChI is InChI=1S/C13H20N4O3/c1-15(8-10-7-14-16(2)9-10)13(20)17-5-3-4-11(17)6-12(18)19/h7,9,11H,3-6,8H2,1-2H3,(H,18,19). The molecule has 0 radical (unpaired) electrons. The summed E-state index contributed by atoms with van der Waals surface area (Å²) >= 11 is 0. The van der Waals surface area contributed by atoms with Gasteiger partial charge in [0.15, 0.2) is 0 Å². The summed E-state index contributed by atoms with van der Waals surface area (Å²) in [5.41, 5.74) is 0.956. The molecule has 1 aliphatic rings. The van der Waals surface area contributed by atoms with Gasteiger partial charge in [0.25, 0.3) is 0 Å². The lowest BCUT2D eigenvalue weighted by Crippen LogP contribution is -2.44. The van der Waals surface area contributed by atoms with E-state index in [4.69, 9.17) is 5.11 Å². The predicted octanol–water partition coefficient (Wildman–Crippen LogP) is 0.911. The number of nitrogens with zero attached hydrogens (tertiary/aromatic N) is 4. The van der Waals surface area contributed by atoms with Crippen LogP contribution in [0.3, 0.4) is 0 Å². The lowest BCUT2D eigenvalue weighted by atomic mass is 10.1. The third-order valence-electron chi connectivity index (χ3n) is 3.54. The molecule has 1 N–H and O–H groups in total. The van der Waals surface area contributed by atoms with Crippen LogP contribution in [0.4, 0.5) is 4.79 Å². The van der Waals surface area contributed by atoms with Crippen LogP contribution in [-0.4, -0.2) is 56.3 Å². The van der Waals surface area contributed by atoms with Crippen molar-refractivity contribution >= 4 is 12.0 Å². The highest BCUT2D eigenvalue weighted by molar-refractivity contribution is 5.76. The van der Waals surface area contributed by atoms with Crippen molar-refractivity contribution in [2.45, 2.75) is 31.8 Å². The van der Waals surface area contributed by atoms with Gasteiger partial charge in [-0.1, -0.05) is 0 Å². The van der Waals surface area contributed by atoms with Crippen LogP contribution in [0.2, 0.25) is 0 Å². The molecule has 1 unspecified atom stereocenters. The van der Waals surface area contributed by atoms with Gasteiger partial charge in [0, 0.05) is 38.4 Å². The molecule has 1 aromatic heterocycles. The molecule has 110 valence electrons. The molecule has 1 saturated heterocycles. The fourth-order valence-electron chi connectivity index (χ4n) is 2.62. The average Bonchev–Trinajstić information content (AvgIpc) is 2.97. The minimum Gasteiger partial charge on any atom is -0.481 e. The van der Waals surface area contributed by atoms with Crippen molar-refractivity contribution in [2.24, 2.45) is 7.05 Å². The fraction of sp³-hybridized carbons (Fsp3) is 0.615. The molecule has 1 fully saturated rings. The summed E-state index contributed by atoms with van der Waals surface area (Å²) in [6.45, 7) is 1.11. The summed E-state index contributed by atoms with van der Waals surface area (Å²) in [6.07, 6.45) is 5.24. The third kappa shape index (κ3) is 3.28. The number of aliphatic carboxylic acids is 1. The topological polar surface area (TPSA) is 78.7 Å². The van der Waals surface area contributed by atoms with E-state index in [0.717, 1.165) is 18.4 Å². The van der Waals surface area contributed by atoms with E-state index in [0.29, 0.717) is 13.1 Å². The van der Waals surface area contributed by atoms with Gasteiger partial charge in [0.05, 0.1) is 19.2 Å². The summed E-state index contributed by atoms with van der Waals surface area (Å²) in [4.78, 5) is 26.5. The number of carboxylic acid groups (broad SMARTS) is 1. The first-order valence-corrected chi connectivity index (χ1v) is 6.68. The van der Waals surface area contributed by atoms with Gasteiger partial charge in [-0.15, -0.1) is 0 Å². The average molecular weight is 280 g/mol. The number of carboxylic acids is 1. The minimum atomic E-state index is -0.857. The number of urea groups is 1. The number of amides is 2. The predicted molar refractivity (Wildman–Crippen MR) is 72.1 cm³/mol. The van der Waals surface area contributed by atoms with Gasteiger partial charge < -0.3 is 14.9 Å². The molecular weight excluding hydrogens is 260 g/mol. The molecule has 0 saturated carbocycles. The Hall–Kier alpha value is -2.05. The second kappa shape index (κ2) is 5.94. The van der Waals surface area contributed by atoms with Crippen molar-refractivity contribution in [3.63, 3.8) is 0 Å². The van der Waals surface area contributed by atoms with Gasteiger partial charge >= 0.3 is 12.0 Å². The van der Waals surface area contributed by atoms with Crippen molar-refractivity contribution in [1.29, 1.82) is 0 Å². The van der Waals surface area contributed by atoms with Crippen LogP contribution in [-0.2, 0) is 18.4 Å². The van der Waals surface area contributed by atoms with Crippen molar-refractivity contribution in [1.82, 2.24) is 19.6 Å². The normalized spacial score (nSPS) is 18.3. The number of carbonyl (C=O) groups excluding carboxylic acids is 1. The number of rotatable bonds is 4. The maximum atomic E-state index is 12.4. The van der Waals surface area contributed by atoms with Gasteiger partial charge in [0.1, 0.15) is 0 Å². The van der Waals surface area contributed by atoms with E-state index in [1.807, 2.05) is 13.2 Å². The summed E-state index contributed by atoms with van der Waals surface area (Å²) in [5, 5.41) is 13.0. The highest BCUT2D eigenvalue weighted by atomic mass is 16.4. The Balaban J connectivity index is 1.97. The molecule has 0 spiro atoms. The molecule has 2 heterocycles. The monoisotopic (exact) mass is 280 g/mol. The summed E-state index contributed by atoms with van der Waals surface area (Å²) in [6, 6.07) is -0.297. The Bertz CT molecular complexity index is 500. The van der Waals surface area contributed by atoms with E-state index in [2.05, 4.69) is 5.10 Å². The van der Waals surface area contributed by atoms with Crippen molar-refractivity contribution in [2.75, 3.05) is 13.6 Å². The number of aryl methyl sites for hydroxylation is 1. The Morgan fingerprint density at radius 3 is 2.90 bits per heavy atom. The maximum Gasteiger partial charge on any atom is 0.320 e. The quantitative estimate of drug-likeness (QED) is 0.889. The first-order chi connectivity index (χ1) is 9.47. The van der Waals surface area contributed by atoms with E-state index < -0.39 is 5.97 Å². The van der Waals surface area contributed by atoms with Crippen LogP contribution < -0.4 is 0 Å². The summed E-state index contributed by atoms with van der Waals surface area (Å²) < 4.78 is 1.69. The van der Waals surface area contributed by atoms with Crippen LogP contribution in [0, 0.1) is 0 Å². The molecular formula is C13H20N4O3. The fourth-order valence-corrected chi connectivity index (χ4v) is 2.62. The molecule has 20 heavy (non-hydrogen) atoms. The lowest BCUT2D eigenvalue weighted by molar-refractivity contribution is -0.138. The molecule has 7 heteroatoms. The maximum absolute atomic E-state index is 12.4. The number of hydrogen-bond acceptors (Lipinski definition) is 3. The Morgan fingerprint density at radius 2 is 2.30 bits per heavy atom. The van der Waals surface area contributed by atoms with Gasteiger partial charge in [0.2, 0.25) is 0 Å². The van der Waals surface area contributed by atoms with Crippen molar-refractivity contribution in [3.8, 4) is 0 Å². The molecule has 1 aliphatic heterocycles. The van der Waals surface area contributed by atoms with E-state index in [9.17, 15) is 9.59 Å². The SMILES string of the molecule is CN(Cc1cnn(C)c1)C(=O)N1CCCC1CC(=O)O. The molecule has 2 amide bonds. The van der Waals surface area contributed by atoms with E-state index in [1.165, 1.54) is 0 Å². The smallest absolute Gasteiger partial charge is 0.320 e. The van der Waals surface area contributed by atoms with E-state index in [1.54, 1.807) is 27.7 Å². The van der Waals surface area contributed by atoms with Gasteiger partial charge in [-0.3, -0.25) is 9.48 Å². The highest BCUT2D eigenvalue weighted by Crippen LogP contribution is 2.21. The molecule has 1 atom stereocenters. The molecule has 0 bridgehead atoms. The van der Waals surface area contributed by atoms with Crippen molar-refractivity contribution in [3.05, 3.63) is 18.0 Å². The van der Waals surface area contributed by atoms with E-state index >= 15 is 0 Å². The zero-order chi connectivity index (χ0) is 14.7. The van der Waals surface area contributed by atoms with Gasteiger partial charge in [-0.2, -0.15) is 5.10 Å². The molecule has 7 nitrogen and oxygen atoms in total. The number of hydrogen-bond donors (Lipinski definition) is 1. The molecule has 1 aromatic rings. The lowest BCUT2D eigenvalue weighted by Gasteiger charge is -2.28. The Morgan fingerprint density at radius 1 is 1.55 bits per heavy atom. The number of likely N-dealkylation sites (tertiary alicyclic amines) is 1. The zero-order valence-corrected chi connectivity index (χ0v) is 11.8. The van der Waals surface area contributed by atoms with Crippen LogP contribution in [0.15, 0.2) is 12.4 Å². The minimum absolute atomic E-state index is 0.0203. The first-order valence-electron chi connectivity index (χ1n) is 6.68. The van der Waals surface area contributed by atoms with Gasteiger partial charge in [-0.25, -0.2) is 4.79 Å². The largest absolute Gasteiger partial charge is 0.481 e. The second-order valence-corrected chi connectivity index (χ2v) is 5.25. The van der Waals surface area contributed by atoms with E-state index in [-0.39, 0.29) is 18.5 Å². The number of carbonyl (C=O) groups is 2. The Kier molecular flexibility index (Phi) is 4.26. The van der Waals surface area contributed by atoms with Crippen molar-refractivity contribution < 1.29 is 14.7 Å². The molecule has 0 aromatic carbocycles. The zero-order valence-electron chi connectivity index (χ0n) is 11.8. The Labute approximate surface area is 117 Å². The van der Waals surface area contributed by atoms with Crippen LogP contribution in [0.1, 0.15) is 24.8 Å². The van der Waals surface area contributed by atoms with Crippen LogP contribution in [0.25, 0.3) is 0 Å². The number of aromatic nitrogens is 2. The first kappa shape index (κ1) is 14.4. The summed E-state index contributed by atoms with van der Waals surface area (Å²) in [5.74, 6) is -0.857. The highest BCUT2D eigenvalue weighted by Gasteiger charge is 2.32. The van der Waals surface area contributed by atoms with Crippen LogP contribution in [0.5, 0.6) is 0 Å². The van der Waals surface area contributed by atoms with Gasteiger partial charge in [-0.05, 0) is 12.8 Å². The van der Waals surface area contributed by atoms with Crippen LogP contribution >= 0.6 is 0 Å². The molecule has 2 rings (SSSR count). The second-order valence-electron chi connectivity index (χ2n) is 5.25. The molecule has 0 aliphatic carbocycles. The third-order valence-corrected chi connectivity index (χ3v) is 3.54.